The maximum atomic E-state index is 12.5. The van der Waals surface area contributed by atoms with Crippen molar-refractivity contribution in [3.63, 3.8) is 0 Å². The van der Waals surface area contributed by atoms with Gasteiger partial charge in [-0.1, -0.05) is 70.9 Å². The third-order valence-corrected chi connectivity index (χ3v) is 7.43. The van der Waals surface area contributed by atoms with E-state index >= 15 is 0 Å². The highest BCUT2D eigenvalue weighted by atomic mass is 32.1. The molecule has 3 aromatic rings. The van der Waals surface area contributed by atoms with Crippen molar-refractivity contribution in [2.75, 3.05) is 27.3 Å². The van der Waals surface area contributed by atoms with Crippen LogP contribution in [-0.4, -0.2) is 43.1 Å². The lowest BCUT2D eigenvalue weighted by Crippen LogP contribution is -2.26. The number of carbonyl (C=O) groups excluding carboxylic acids is 1. The summed E-state index contributed by atoms with van der Waals surface area (Å²) in [5.74, 6) is 1.39. The number of methoxy groups -OCH3 is 2. The van der Waals surface area contributed by atoms with Gasteiger partial charge >= 0.3 is 0 Å². The van der Waals surface area contributed by atoms with Gasteiger partial charge in [0.05, 0.1) is 20.8 Å². The minimum absolute atomic E-state index is 0.0850. The Morgan fingerprint density at radius 2 is 1.68 bits per heavy atom. The smallest absolute Gasteiger partial charge is 0.270 e. The van der Waals surface area contributed by atoms with E-state index in [4.69, 9.17) is 9.47 Å². The van der Waals surface area contributed by atoms with Crippen molar-refractivity contribution in [3.05, 3.63) is 75.2 Å². The second-order valence-corrected chi connectivity index (χ2v) is 11.6. The largest absolute Gasteiger partial charge is 0.493 e. The van der Waals surface area contributed by atoms with Crippen molar-refractivity contribution in [1.29, 1.82) is 0 Å². The standard InChI is InChI=1S/C31H43N3O3S/c1-7-8-9-17-32-30(35)26-22-38-29(33-26)21-34(20-24-10-13-25(14-11-24)31(2,3)4)18-16-23-12-15-27(36-5)28(19-23)37-6/h10-15,19,22H,7-9,16-18,20-21H2,1-6H3,(H,32,35). The van der Waals surface area contributed by atoms with Crippen LogP contribution in [-0.2, 0) is 24.9 Å². The molecule has 0 spiro atoms. The molecule has 206 valence electrons. The van der Waals surface area contributed by atoms with Gasteiger partial charge < -0.3 is 14.8 Å². The summed E-state index contributed by atoms with van der Waals surface area (Å²) in [4.78, 5) is 19.6. The number of nitrogens with one attached hydrogen (secondary N) is 1. The molecule has 1 amide bonds. The highest BCUT2D eigenvalue weighted by molar-refractivity contribution is 7.09. The van der Waals surface area contributed by atoms with Gasteiger partial charge in [-0.15, -0.1) is 11.3 Å². The number of aromatic nitrogens is 1. The number of rotatable bonds is 14. The lowest BCUT2D eigenvalue weighted by atomic mass is 9.87. The second kappa shape index (κ2) is 14.3. The maximum absolute atomic E-state index is 12.5. The predicted molar refractivity (Wildman–Crippen MR) is 156 cm³/mol. The normalized spacial score (nSPS) is 11.6. The fraction of sp³-hybridized carbons (Fsp3) is 0.484. The van der Waals surface area contributed by atoms with Gasteiger partial charge in [-0.2, -0.15) is 0 Å². The van der Waals surface area contributed by atoms with Crippen LogP contribution in [0.1, 0.15) is 79.1 Å². The van der Waals surface area contributed by atoms with Crippen LogP contribution in [0, 0.1) is 0 Å². The zero-order valence-electron chi connectivity index (χ0n) is 23.8. The zero-order chi connectivity index (χ0) is 27.5. The molecule has 0 atom stereocenters. The summed E-state index contributed by atoms with van der Waals surface area (Å²) in [6.45, 7) is 11.9. The summed E-state index contributed by atoms with van der Waals surface area (Å²) in [6, 6.07) is 15.0. The molecule has 1 aromatic heterocycles. The molecule has 7 heteroatoms. The monoisotopic (exact) mass is 537 g/mol. The molecule has 1 N–H and O–H groups in total. The Hall–Kier alpha value is -2.90. The molecule has 2 aromatic carbocycles. The summed E-state index contributed by atoms with van der Waals surface area (Å²) in [5.41, 5.74) is 4.40. The predicted octanol–water partition coefficient (Wildman–Crippen LogP) is 6.62. The van der Waals surface area contributed by atoms with Gasteiger partial charge in [-0.05, 0) is 47.1 Å². The van der Waals surface area contributed by atoms with Crippen LogP contribution in [0.5, 0.6) is 11.5 Å². The number of hydrogen-bond donors (Lipinski definition) is 1. The van der Waals surface area contributed by atoms with Gasteiger partial charge in [0.1, 0.15) is 10.7 Å². The molecule has 0 aliphatic rings. The molecule has 0 saturated heterocycles. The van der Waals surface area contributed by atoms with Gasteiger partial charge in [0, 0.05) is 25.0 Å². The number of hydrogen-bond acceptors (Lipinski definition) is 6. The Kier molecular flexibility index (Phi) is 11.2. The molecule has 0 aliphatic carbocycles. The van der Waals surface area contributed by atoms with Crippen molar-refractivity contribution in [2.24, 2.45) is 0 Å². The Balaban J connectivity index is 1.72. The molecule has 38 heavy (non-hydrogen) atoms. The average molecular weight is 538 g/mol. The molecule has 0 fully saturated rings. The van der Waals surface area contributed by atoms with Crippen LogP contribution in [0.25, 0.3) is 0 Å². The Morgan fingerprint density at radius 1 is 0.974 bits per heavy atom. The zero-order valence-corrected chi connectivity index (χ0v) is 24.6. The third-order valence-electron chi connectivity index (χ3n) is 6.60. The van der Waals surface area contributed by atoms with Crippen LogP contribution >= 0.6 is 11.3 Å². The SMILES string of the molecule is CCCCCNC(=O)c1csc(CN(CCc2ccc(OC)c(OC)c2)Cc2ccc(C(C)(C)C)cc2)n1. The molecule has 0 unspecified atom stereocenters. The molecule has 3 rings (SSSR count). The molecule has 6 nitrogen and oxygen atoms in total. The lowest BCUT2D eigenvalue weighted by molar-refractivity contribution is 0.0948. The van der Waals surface area contributed by atoms with Crippen LogP contribution in [0.4, 0.5) is 0 Å². The van der Waals surface area contributed by atoms with E-state index in [1.807, 2.05) is 17.5 Å². The van der Waals surface area contributed by atoms with Crippen LogP contribution in [0.3, 0.4) is 0 Å². The highest BCUT2D eigenvalue weighted by Crippen LogP contribution is 2.28. The minimum atomic E-state index is -0.0850. The number of amides is 1. The number of nitrogens with zero attached hydrogens (tertiary/aromatic N) is 2. The van der Waals surface area contributed by atoms with Gasteiger partial charge in [0.15, 0.2) is 11.5 Å². The van der Waals surface area contributed by atoms with Gasteiger partial charge in [-0.25, -0.2) is 4.98 Å². The van der Waals surface area contributed by atoms with Crippen molar-refractivity contribution >= 4 is 17.2 Å². The number of unbranched alkanes of at least 4 members (excludes halogenated alkanes) is 2. The third kappa shape index (κ3) is 8.84. The summed E-state index contributed by atoms with van der Waals surface area (Å²) in [7, 11) is 3.31. The molecule has 0 radical (unpaired) electrons. The highest BCUT2D eigenvalue weighted by Gasteiger charge is 2.16. The van der Waals surface area contributed by atoms with E-state index in [-0.39, 0.29) is 11.3 Å². The number of benzene rings is 2. The topological polar surface area (TPSA) is 63.7 Å². The van der Waals surface area contributed by atoms with Crippen molar-refractivity contribution < 1.29 is 14.3 Å². The summed E-state index contributed by atoms with van der Waals surface area (Å²) < 4.78 is 10.9. The first-order valence-electron chi connectivity index (χ1n) is 13.5. The van der Waals surface area contributed by atoms with E-state index in [0.717, 1.165) is 55.3 Å². The minimum Gasteiger partial charge on any atom is -0.493 e. The van der Waals surface area contributed by atoms with Crippen molar-refractivity contribution in [3.8, 4) is 11.5 Å². The molecular weight excluding hydrogens is 494 g/mol. The fourth-order valence-corrected chi connectivity index (χ4v) is 5.07. The number of thiazole rings is 1. The van der Waals surface area contributed by atoms with E-state index in [0.29, 0.717) is 18.8 Å². The summed E-state index contributed by atoms with van der Waals surface area (Å²) in [6.07, 6.45) is 4.11. The van der Waals surface area contributed by atoms with E-state index in [1.54, 1.807) is 25.6 Å². The van der Waals surface area contributed by atoms with Gasteiger partial charge in [0.2, 0.25) is 0 Å². The summed E-state index contributed by atoms with van der Waals surface area (Å²) in [5, 5.41) is 5.81. The number of carbonyl (C=O) groups is 1. The van der Waals surface area contributed by atoms with Crippen molar-refractivity contribution in [2.45, 2.75) is 71.9 Å². The van der Waals surface area contributed by atoms with E-state index in [9.17, 15) is 4.79 Å². The van der Waals surface area contributed by atoms with Crippen LogP contribution in [0.2, 0.25) is 0 Å². The van der Waals surface area contributed by atoms with Crippen LogP contribution < -0.4 is 14.8 Å². The molecule has 0 aliphatic heterocycles. The van der Waals surface area contributed by atoms with Gasteiger partial charge in [0.25, 0.3) is 5.91 Å². The number of ether oxygens (including phenoxy) is 2. The average Bonchev–Trinajstić information content (AvgIpc) is 3.38. The Bertz CT molecular complexity index is 1150. The molecular formula is C31H43N3O3S. The Morgan fingerprint density at radius 3 is 2.34 bits per heavy atom. The van der Waals surface area contributed by atoms with Crippen LogP contribution in [0.15, 0.2) is 47.8 Å². The summed E-state index contributed by atoms with van der Waals surface area (Å²) >= 11 is 1.55. The first-order chi connectivity index (χ1) is 18.2. The molecule has 0 bridgehead atoms. The molecule has 0 saturated carbocycles. The van der Waals surface area contributed by atoms with E-state index in [2.05, 4.69) is 73.2 Å². The first-order valence-corrected chi connectivity index (χ1v) is 14.4. The molecule has 1 heterocycles. The fourth-order valence-electron chi connectivity index (χ4n) is 4.25. The van der Waals surface area contributed by atoms with Gasteiger partial charge in [-0.3, -0.25) is 9.69 Å². The van der Waals surface area contributed by atoms with Crippen molar-refractivity contribution in [1.82, 2.24) is 15.2 Å². The Labute approximate surface area is 232 Å². The second-order valence-electron chi connectivity index (χ2n) is 10.7. The maximum Gasteiger partial charge on any atom is 0.270 e. The quantitative estimate of drug-likeness (QED) is 0.234. The first kappa shape index (κ1) is 29.7. The lowest BCUT2D eigenvalue weighted by Gasteiger charge is -2.23. The van der Waals surface area contributed by atoms with E-state index < -0.39 is 0 Å². The van der Waals surface area contributed by atoms with E-state index in [1.165, 1.54) is 16.7 Å².